The van der Waals surface area contributed by atoms with E-state index in [1.54, 1.807) is 41.3 Å². The lowest BCUT2D eigenvalue weighted by molar-refractivity contribution is -0.0857. The van der Waals surface area contributed by atoms with Crippen LogP contribution in [-0.2, 0) is 14.8 Å². The molecule has 164 valence electrons. The predicted molar refractivity (Wildman–Crippen MR) is 113 cm³/mol. The predicted octanol–water partition coefficient (Wildman–Crippen LogP) is 2.16. The first-order chi connectivity index (χ1) is 14.9. The number of carbonyl (C=O) groups is 2. The molecule has 2 aliphatic heterocycles. The third-order valence-electron chi connectivity index (χ3n) is 5.89. The molecular weight excluding hydrogens is 420 g/mol. The Morgan fingerprint density at radius 3 is 2.26 bits per heavy atom. The molecule has 31 heavy (non-hydrogen) atoms. The van der Waals surface area contributed by atoms with Crippen molar-refractivity contribution in [3.63, 3.8) is 0 Å². The van der Waals surface area contributed by atoms with E-state index in [4.69, 9.17) is 9.47 Å². The number of nitrogens with zero attached hydrogens (tertiary/aromatic N) is 2. The van der Waals surface area contributed by atoms with Crippen LogP contribution in [0.2, 0.25) is 0 Å². The van der Waals surface area contributed by atoms with Crippen molar-refractivity contribution < 1.29 is 27.5 Å². The van der Waals surface area contributed by atoms with Crippen LogP contribution in [0.4, 0.5) is 0 Å². The van der Waals surface area contributed by atoms with Crippen molar-refractivity contribution >= 4 is 22.2 Å². The van der Waals surface area contributed by atoms with Crippen LogP contribution in [0, 0.1) is 0 Å². The zero-order valence-corrected chi connectivity index (χ0v) is 18.0. The standard InChI is InChI=1S/C22H24N2O6S/c1-29-19-6-8-20(9-7-19)31(27,28)24-14-15-30-22(24)10-12-23(13-11-22)21(26)18-4-2-17(16-25)3-5-18/h2-9,16H,10-15H2,1H3. The van der Waals surface area contributed by atoms with Crippen LogP contribution in [-0.4, -0.2) is 68.9 Å². The molecule has 2 aromatic carbocycles. The molecular formula is C22H24N2O6S. The first-order valence-corrected chi connectivity index (χ1v) is 11.5. The summed E-state index contributed by atoms with van der Waals surface area (Å²) in [4.78, 5) is 25.5. The minimum atomic E-state index is -3.75. The highest BCUT2D eigenvalue weighted by molar-refractivity contribution is 7.89. The Bertz CT molecular complexity index is 1060. The van der Waals surface area contributed by atoms with E-state index >= 15 is 0 Å². The number of aldehydes is 1. The molecule has 0 radical (unpaired) electrons. The minimum Gasteiger partial charge on any atom is -0.497 e. The van der Waals surface area contributed by atoms with Crippen molar-refractivity contribution in [2.24, 2.45) is 0 Å². The first-order valence-electron chi connectivity index (χ1n) is 10.0. The Labute approximate surface area is 181 Å². The Morgan fingerprint density at radius 2 is 1.68 bits per heavy atom. The maximum Gasteiger partial charge on any atom is 0.253 e. The van der Waals surface area contributed by atoms with Gasteiger partial charge < -0.3 is 14.4 Å². The van der Waals surface area contributed by atoms with Gasteiger partial charge in [0.05, 0.1) is 18.6 Å². The van der Waals surface area contributed by atoms with Crippen molar-refractivity contribution in [1.29, 1.82) is 0 Å². The lowest BCUT2D eigenvalue weighted by atomic mass is 9.99. The Hall–Kier alpha value is -2.75. The molecule has 4 rings (SSSR count). The van der Waals surface area contributed by atoms with E-state index in [-0.39, 0.29) is 17.3 Å². The van der Waals surface area contributed by atoms with E-state index < -0.39 is 15.7 Å². The van der Waals surface area contributed by atoms with Crippen LogP contribution in [0.5, 0.6) is 5.75 Å². The lowest BCUT2D eigenvalue weighted by Crippen LogP contribution is -2.55. The summed E-state index contributed by atoms with van der Waals surface area (Å²) < 4.78 is 39.1. The van der Waals surface area contributed by atoms with Gasteiger partial charge in [-0.15, -0.1) is 0 Å². The third-order valence-corrected chi connectivity index (χ3v) is 7.86. The molecule has 0 atom stereocenters. The number of carbonyl (C=O) groups excluding carboxylic acids is 2. The number of hydrogen-bond donors (Lipinski definition) is 0. The molecule has 0 aromatic heterocycles. The average Bonchev–Trinajstić information content (AvgIpc) is 3.23. The van der Waals surface area contributed by atoms with E-state index in [1.807, 2.05) is 0 Å². The Balaban J connectivity index is 1.49. The number of amides is 1. The highest BCUT2D eigenvalue weighted by atomic mass is 32.2. The fraction of sp³-hybridized carbons (Fsp3) is 0.364. The van der Waals surface area contributed by atoms with Gasteiger partial charge in [0.15, 0.2) is 0 Å². The summed E-state index contributed by atoms with van der Waals surface area (Å²) in [5, 5.41) is 0. The number of sulfonamides is 1. The largest absolute Gasteiger partial charge is 0.497 e. The van der Waals surface area contributed by atoms with Crippen LogP contribution < -0.4 is 4.74 Å². The number of rotatable bonds is 5. The zero-order chi connectivity index (χ0) is 22.1. The maximum atomic E-state index is 13.3. The van der Waals surface area contributed by atoms with Gasteiger partial charge in [-0.05, 0) is 36.4 Å². The highest BCUT2D eigenvalue weighted by Crippen LogP contribution is 2.38. The molecule has 0 saturated carbocycles. The second-order valence-electron chi connectivity index (χ2n) is 7.58. The molecule has 2 fully saturated rings. The van der Waals surface area contributed by atoms with Gasteiger partial charge in [0.25, 0.3) is 5.91 Å². The molecule has 2 aliphatic rings. The summed E-state index contributed by atoms with van der Waals surface area (Å²) in [5.41, 5.74) is 0.0566. The molecule has 1 amide bonds. The van der Waals surface area contributed by atoms with E-state index in [9.17, 15) is 18.0 Å². The van der Waals surface area contributed by atoms with Crippen molar-refractivity contribution in [3.05, 3.63) is 59.7 Å². The van der Waals surface area contributed by atoms with Crippen molar-refractivity contribution in [2.45, 2.75) is 23.5 Å². The molecule has 0 N–H and O–H groups in total. The van der Waals surface area contributed by atoms with E-state index in [1.165, 1.54) is 23.5 Å². The quantitative estimate of drug-likeness (QED) is 0.656. The first kappa shape index (κ1) is 21.5. The van der Waals surface area contributed by atoms with Gasteiger partial charge in [-0.3, -0.25) is 9.59 Å². The molecule has 9 heteroatoms. The number of ether oxygens (including phenoxy) is 2. The fourth-order valence-corrected chi connectivity index (χ4v) is 5.87. The van der Waals surface area contributed by atoms with Gasteiger partial charge in [0, 0.05) is 43.6 Å². The van der Waals surface area contributed by atoms with Gasteiger partial charge >= 0.3 is 0 Å². The summed E-state index contributed by atoms with van der Waals surface area (Å²) in [6.07, 6.45) is 1.51. The topological polar surface area (TPSA) is 93.2 Å². The van der Waals surface area contributed by atoms with Crippen LogP contribution in [0.15, 0.2) is 53.4 Å². The lowest BCUT2D eigenvalue weighted by Gasteiger charge is -2.42. The van der Waals surface area contributed by atoms with E-state index in [0.29, 0.717) is 49.4 Å². The number of benzene rings is 2. The van der Waals surface area contributed by atoms with Crippen molar-refractivity contribution in [2.75, 3.05) is 33.4 Å². The van der Waals surface area contributed by atoms with Gasteiger partial charge in [-0.2, -0.15) is 4.31 Å². The summed E-state index contributed by atoms with van der Waals surface area (Å²) in [7, 11) is -2.23. The molecule has 2 heterocycles. The highest BCUT2D eigenvalue weighted by Gasteiger charge is 2.51. The zero-order valence-electron chi connectivity index (χ0n) is 17.2. The third kappa shape index (κ3) is 3.96. The molecule has 0 unspecified atom stereocenters. The SMILES string of the molecule is COc1ccc(S(=O)(=O)N2CCOC23CCN(C(=O)c2ccc(C=O)cc2)CC3)cc1. The molecule has 8 nitrogen and oxygen atoms in total. The second kappa shape index (κ2) is 8.41. The normalized spacial score (nSPS) is 18.8. The Kier molecular flexibility index (Phi) is 5.83. The van der Waals surface area contributed by atoms with E-state index in [2.05, 4.69) is 0 Å². The fourth-order valence-electron chi connectivity index (χ4n) is 4.15. The molecule has 0 aliphatic carbocycles. The molecule has 2 saturated heterocycles. The summed E-state index contributed by atoms with van der Waals surface area (Å²) >= 11 is 0. The van der Waals surface area contributed by atoms with Crippen molar-refractivity contribution in [3.8, 4) is 5.75 Å². The summed E-state index contributed by atoms with van der Waals surface area (Å²) in [6, 6.07) is 12.8. The second-order valence-corrected chi connectivity index (χ2v) is 9.44. The number of methoxy groups -OCH3 is 1. The van der Waals surface area contributed by atoms with Crippen LogP contribution in [0.1, 0.15) is 33.6 Å². The maximum absolute atomic E-state index is 13.3. The summed E-state index contributed by atoms with van der Waals surface area (Å²) in [5.74, 6) is 0.439. The van der Waals surface area contributed by atoms with Crippen molar-refractivity contribution in [1.82, 2.24) is 9.21 Å². The van der Waals surface area contributed by atoms with Crippen LogP contribution in [0.25, 0.3) is 0 Å². The molecule has 2 aromatic rings. The minimum absolute atomic E-state index is 0.144. The van der Waals surface area contributed by atoms with Crippen LogP contribution >= 0.6 is 0 Å². The van der Waals surface area contributed by atoms with Gasteiger partial charge in [-0.25, -0.2) is 8.42 Å². The summed E-state index contributed by atoms with van der Waals surface area (Å²) in [6.45, 7) is 1.34. The van der Waals surface area contributed by atoms with Gasteiger partial charge in [0.1, 0.15) is 17.8 Å². The van der Waals surface area contributed by atoms with Gasteiger partial charge in [0.2, 0.25) is 10.0 Å². The number of hydrogen-bond acceptors (Lipinski definition) is 6. The number of piperidine rings is 1. The number of likely N-dealkylation sites (tertiary alicyclic amines) is 1. The molecule has 0 bridgehead atoms. The Morgan fingerprint density at radius 1 is 1.03 bits per heavy atom. The molecule has 1 spiro atoms. The smallest absolute Gasteiger partial charge is 0.253 e. The monoisotopic (exact) mass is 444 g/mol. The van der Waals surface area contributed by atoms with Crippen LogP contribution in [0.3, 0.4) is 0 Å². The van der Waals surface area contributed by atoms with Gasteiger partial charge in [-0.1, -0.05) is 12.1 Å². The van der Waals surface area contributed by atoms with E-state index in [0.717, 1.165) is 6.29 Å². The average molecular weight is 445 g/mol.